The van der Waals surface area contributed by atoms with Gasteiger partial charge in [-0.3, -0.25) is 0 Å². The fraction of sp³-hybridized carbons (Fsp3) is 0.500. The van der Waals surface area contributed by atoms with E-state index in [4.69, 9.17) is 0 Å². The molecule has 0 saturated carbocycles. The first-order valence-corrected chi connectivity index (χ1v) is 8.58. The molecule has 3 heteroatoms. The Kier molecular flexibility index (Phi) is 6.49. The van der Waals surface area contributed by atoms with Gasteiger partial charge in [-0.25, -0.2) is 13.2 Å². The van der Waals surface area contributed by atoms with Crippen LogP contribution in [0.15, 0.2) is 35.7 Å². The highest BCUT2D eigenvalue weighted by molar-refractivity contribution is 5.32. The minimum atomic E-state index is -0.703. The highest BCUT2D eigenvalue weighted by Crippen LogP contribution is 2.35. The average Bonchev–Trinajstić information content (AvgIpc) is 2.53. The Morgan fingerprint density at radius 1 is 1.17 bits per heavy atom. The fourth-order valence-electron chi connectivity index (χ4n) is 3.16. The molecule has 1 aliphatic carbocycles. The van der Waals surface area contributed by atoms with Gasteiger partial charge in [-0.1, -0.05) is 38.5 Å². The number of rotatable bonds is 6. The van der Waals surface area contributed by atoms with Crippen molar-refractivity contribution in [1.29, 1.82) is 0 Å². The summed E-state index contributed by atoms with van der Waals surface area (Å²) in [6.07, 6.45) is 8.22. The molecule has 0 fully saturated rings. The number of halogens is 3. The second-order valence-electron chi connectivity index (χ2n) is 6.28. The first kappa shape index (κ1) is 17.8. The summed E-state index contributed by atoms with van der Waals surface area (Å²) in [5.41, 5.74) is 1.87. The Morgan fingerprint density at radius 2 is 1.96 bits per heavy atom. The number of benzene rings is 1. The van der Waals surface area contributed by atoms with Gasteiger partial charge in [-0.15, -0.1) is 0 Å². The molecule has 0 N–H and O–H groups in total. The van der Waals surface area contributed by atoms with Gasteiger partial charge in [0, 0.05) is 0 Å². The van der Waals surface area contributed by atoms with Gasteiger partial charge in [-0.05, 0) is 67.2 Å². The van der Waals surface area contributed by atoms with E-state index in [1.54, 1.807) is 18.2 Å². The largest absolute Gasteiger partial charge is 0.212 e. The third kappa shape index (κ3) is 4.49. The summed E-state index contributed by atoms with van der Waals surface area (Å²) in [4.78, 5) is 0. The molecule has 0 radical (unpaired) electrons. The Balaban J connectivity index is 2.12. The van der Waals surface area contributed by atoms with Crippen LogP contribution in [0.5, 0.6) is 0 Å². The number of aryl methyl sites for hydroxylation is 1. The fourth-order valence-corrected chi connectivity index (χ4v) is 3.16. The van der Waals surface area contributed by atoms with Gasteiger partial charge in [0.2, 0.25) is 0 Å². The summed E-state index contributed by atoms with van der Waals surface area (Å²) in [7, 11) is 0. The van der Waals surface area contributed by atoms with Crippen LogP contribution in [-0.4, -0.2) is 0 Å². The van der Waals surface area contributed by atoms with Crippen LogP contribution >= 0.6 is 0 Å². The van der Waals surface area contributed by atoms with E-state index in [0.717, 1.165) is 24.8 Å². The van der Waals surface area contributed by atoms with E-state index in [1.807, 2.05) is 19.9 Å². The molecule has 126 valence electrons. The Bertz CT molecular complexity index is 599. The Labute approximate surface area is 137 Å². The summed E-state index contributed by atoms with van der Waals surface area (Å²) in [6, 6.07) is 3.43. The summed E-state index contributed by atoms with van der Waals surface area (Å²) in [5, 5.41) is 0. The second-order valence-corrected chi connectivity index (χ2v) is 6.28. The van der Waals surface area contributed by atoms with Crippen molar-refractivity contribution in [3.8, 4) is 0 Å². The zero-order chi connectivity index (χ0) is 16.8. The van der Waals surface area contributed by atoms with Crippen LogP contribution in [-0.2, 0) is 6.42 Å². The van der Waals surface area contributed by atoms with Crippen LogP contribution in [0.1, 0.15) is 69.4 Å². The van der Waals surface area contributed by atoms with Crippen molar-refractivity contribution in [2.75, 3.05) is 0 Å². The van der Waals surface area contributed by atoms with Gasteiger partial charge in [0.1, 0.15) is 5.83 Å². The van der Waals surface area contributed by atoms with E-state index >= 15 is 0 Å². The lowest BCUT2D eigenvalue weighted by atomic mass is 9.83. The first-order valence-electron chi connectivity index (χ1n) is 8.58. The molecule has 0 heterocycles. The van der Waals surface area contributed by atoms with Crippen molar-refractivity contribution < 1.29 is 13.2 Å². The molecule has 0 spiro atoms. The van der Waals surface area contributed by atoms with Gasteiger partial charge in [0.25, 0.3) is 0 Å². The summed E-state index contributed by atoms with van der Waals surface area (Å²) >= 11 is 0. The molecule has 0 aromatic heterocycles. The maximum absolute atomic E-state index is 14.3. The molecule has 0 bridgehead atoms. The van der Waals surface area contributed by atoms with E-state index in [1.165, 1.54) is 0 Å². The number of hydrogen-bond acceptors (Lipinski definition) is 0. The lowest BCUT2D eigenvalue weighted by Gasteiger charge is -2.22. The molecule has 0 amide bonds. The third-order valence-corrected chi connectivity index (χ3v) is 4.43. The van der Waals surface area contributed by atoms with E-state index < -0.39 is 11.6 Å². The summed E-state index contributed by atoms with van der Waals surface area (Å²) < 4.78 is 42.0. The molecule has 0 nitrogen and oxygen atoms in total. The lowest BCUT2D eigenvalue weighted by molar-refractivity contribution is 0.470. The molecule has 1 atom stereocenters. The predicted molar refractivity (Wildman–Crippen MR) is 89.1 cm³/mol. The highest BCUT2D eigenvalue weighted by Gasteiger charge is 2.22. The van der Waals surface area contributed by atoms with Gasteiger partial charge >= 0.3 is 0 Å². The van der Waals surface area contributed by atoms with E-state index in [-0.39, 0.29) is 11.7 Å². The van der Waals surface area contributed by atoms with E-state index in [9.17, 15) is 13.2 Å². The van der Waals surface area contributed by atoms with Gasteiger partial charge in [-0.2, -0.15) is 0 Å². The monoisotopic (exact) mass is 322 g/mol. The van der Waals surface area contributed by atoms with Gasteiger partial charge < -0.3 is 0 Å². The Morgan fingerprint density at radius 3 is 2.57 bits per heavy atom. The average molecular weight is 322 g/mol. The molecular weight excluding hydrogens is 297 g/mol. The quantitative estimate of drug-likeness (QED) is 0.542. The van der Waals surface area contributed by atoms with Crippen molar-refractivity contribution >= 4 is 0 Å². The van der Waals surface area contributed by atoms with Crippen molar-refractivity contribution in [2.24, 2.45) is 0 Å². The Hall–Kier alpha value is -1.51. The lowest BCUT2D eigenvalue weighted by Crippen LogP contribution is -2.08. The van der Waals surface area contributed by atoms with Crippen LogP contribution in [0.3, 0.4) is 0 Å². The normalized spacial score (nSPS) is 18.9. The van der Waals surface area contributed by atoms with Crippen LogP contribution in [0.25, 0.3) is 0 Å². The molecule has 2 rings (SSSR count). The SMILES string of the molecule is CCC/C(F)=C/C1=CCC(c2ccc(CCC)c(F)c2F)CC1. The minimum Gasteiger partial charge on any atom is -0.212 e. The van der Waals surface area contributed by atoms with Crippen LogP contribution in [0, 0.1) is 11.6 Å². The van der Waals surface area contributed by atoms with Crippen LogP contribution in [0.2, 0.25) is 0 Å². The molecule has 1 aliphatic rings. The molecular formula is C20H25F3. The van der Waals surface area contributed by atoms with Crippen molar-refractivity contribution in [2.45, 2.75) is 64.7 Å². The standard InChI is InChI=1S/C20H25F3/c1-3-5-16-11-12-18(20(23)19(16)22)15-9-7-14(8-10-15)13-17(21)6-4-2/h7,11-13,15H,3-6,8-10H2,1-2H3/b17-13-. The van der Waals surface area contributed by atoms with Crippen LogP contribution in [0.4, 0.5) is 13.2 Å². The number of hydrogen-bond donors (Lipinski definition) is 0. The second kappa shape index (κ2) is 8.37. The summed E-state index contributed by atoms with van der Waals surface area (Å²) in [6.45, 7) is 3.89. The number of allylic oxidation sites excluding steroid dienone is 4. The maximum Gasteiger partial charge on any atom is 0.162 e. The van der Waals surface area contributed by atoms with E-state index in [0.29, 0.717) is 36.8 Å². The van der Waals surface area contributed by atoms with Crippen LogP contribution < -0.4 is 0 Å². The molecule has 1 aromatic carbocycles. The third-order valence-electron chi connectivity index (χ3n) is 4.43. The van der Waals surface area contributed by atoms with Crippen molar-refractivity contribution in [3.05, 3.63) is 58.4 Å². The molecule has 0 aliphatic heterocycles. The molecule has 0 saturated heterocycles. The molecule has 23 heavy (non-hydrogen) atoms. The summed E-state index contributed by atoms with van der Waals surface area (Å²) in [5.74, 6) is -1.52. The predicted octanol–water partition coefficient (Wildman–Crippen LogP) is 6.76. The first-order chi connectivity index (χ1) is 11.1. The zero-order valence-corrected chi connectivity index (χ0v) is 14.0. The minimum absolute atomic E-state index is 0.0217. The molecule has 1 unspecified atom stereocenters. The zero-order valence-electron chi connectivity index (χ0n) is 14.0. The van der Waals surface area contributed by atoms with Gasteiger partial charge in [0.15, 0.2) is 11.6 Å². The van der Waals surface area contributed by atoms with Crippen molar-refractivity contribution in [1.82, 2.24) is 0 Å². The highest BCUT2D eigenvalue weighted by atomic mass is 19.2. The molecule has 1 aromatic rings. The van der Waals surface area contributed by atoms with E-state index in [2.05, 4.69) is 0 Å². The van der Waals surface area contributed by atoms with Crippen molar-refractivity contribution in [3.63, 3.8) is 0 Å². The maximum atomic E-state index is 14.3. The van der Waals surface area contributed by atoms with Gasteiger partial charge in [0.05, 0.1) is 0 Å². The topological polar surface area (TPSA) is 0 Å². The smallest absolute Gasteiger partial charge is 0.162 e.